The SMILES string of the molecule is Cc1cc(C(=O)N(CC(C)C)CC(C)C)nn1-c1ccccc1. The van der Waals surface area contributed by atoms with Crippen LogP contribution in [0.15, 0.2) is 36.4 Å². The van der Waals surface area contributed by atoms with E-state index in [2.05, 4.69) is 32.8 Å². The number of nitrogens with zero attached hydrogens (tertiary/aromatic N) is 3. The van der Waals surface area contributed by atoms with Crippen LogP contribution in [0.25, 0.3) is 5.69 Å². The van der Waals surface area contributed by atoms with Gasteiger partial charge >= 0.3 is 0 Å². The number of hydrogen-bond donors (Lipinski definition) is 0. The lowest BCUT2D eigenvalue weighted by atomic mass is 10.1. The van der Waals surface area contributed by atoms with Crippen molar-refractivity contribution >= 4 is 5.91 Å². The number of hydrogen-bond acceptors (Lipinski definition) is 2. The van der Waals surface area contributed by atoms with Crippen LogP contribution in [0, 0.1) is 18.8 Å². The zero-order valence-corrected chi connectivity index (χ0v) is 14.8. The number of aryl methyl sites for hydroxylation is 1. The smallest absolute Gasteiger partial charge is 0.274 e. The molecule has 0 bridgehead atoms. The maximum Gasteiger partial charge on any atom is 0.274 e. The summed E-state index contributed by atoms with van der Waals surface area (Å²) in [7, 11) is 0. The van der Waals surface area contributed by atoms with Crippen LogP contribution in [0.1, 0.15) is 43.9 Å². The first-order chi connectivity index (χ1) is 10.9. The largest absolute Gasteiger partial charge is 0.337 e. The summed E-state index contributed by atoms with van der Waals surface area (Å²) in [6.45, 7) is 12.0. The number of para-hydroxylation sites is 1. The fourth-order valence-electron chi connectivity index (χ4n) is 2.69. The quantitative estimate of drug-likeness (QED) is 0.810. The molecule has 124 valence electrons. The summed E-state index contributed by atoms with van der Waals surface area (Å²) in [5.74, 6) is 0.898. The molecular formula is C19H27N3O. The first-order valence-corrected chi connectivity index (χ1v) is 8.29. The number of rotatable bonds is 6. The third-order valence-corrected chi connectivity index (χ3v) is 3.57. The van der Waals surface area contributed by atoms with Gasteiger partial charge in [0.1, 0.15) is 0 Å². The standard InChI is InChI=1S/C19H27N3O/c1-14(2)12-21(13-15(3)4)19(23)18-11-16(5)22(20-18)17-9-7-6-8-10-17/h6-11,14-15H,12-13H2,1-5H3. The number of carbonyl (C=O) groups excluding carboxylic acids is 1. The molecule has 0 saturated heterocycles. The Morgan fingerprint density at radius 1 is 1.09 bits per heavy atom. The summed E-state index contributed by atoms with van der Waals surface area (Å²) >= 11 is 0. The molecule has 23 heavy (non-hydrogen) atoms. The van der Waals surface area contributed by atoms with Gasteiger partial charge in [-0.25, -0.2) is 4.68 Å². The first kappa shape index (κ1) is 17.3. The van der Waals surface area contributed by atoms with E-state index < -0.39 is 0 Å². The monoisotopic (exact) mass is 313 g/mol. The predicted molar refractivity (Wildman–Crippen MR) is 93.9 cm³/mol. The van der Waals surface area contributed by atoms with Gasteiger partial charge in [0.2, 0.25) is 0 Å². The van der Waals surface area contributed by atoms with Gasteiger partial charge in [0.25, 0.3) is 5.91 Å². The molecule has 4 heteroatoms. The summed E-state index contributed by atoms with van der Waals surface area (Å²) in [4.78, 5) is 14.8. The van der Waals surface area contributed by atoms with E-state index in [4.69, 9.17) is 0 Å². The first-order valence-electron chi connectivity index (χ1n) is 8.29. The summed E-state index contributed by atoms with van der Waals surface area (Å²) in [6.07, 6.45) is 0. The van der Waals surface area contributed by atoms with Gasteiger partial charge in [0, 0.05) is 18.8 Å². The molecule has 0 saturated carbocycles. The van der Waals surface area contributed by atoms with Crippen molar-refractivity contribution in [1.82, 2.24) is 14.7 Å². The van der Waals surface area contributed by atoms with Crippen LogP contribution in [-0.2, 0) is 0 Å². The Balaban J connectivity index is 2.28. The molecule has 0 spiro atoms. The van der Waals surface area contributed by atoms with Gasteiger partial charge in [-0.15, -0.1) is 0 Å². The van der Waals surface area contributed by atoms with Crippen molar-refractivity contribution < 1.29 is 4.79 Å². The van der Waals surface area contributed by atoms with Crippen molar-refractivity contribution in [2.45, 2.75) is 34.6 Å². The normalized spacial score (nSPS) is 11.3. The Labute approximate surface area is 139 Å². The van der Waals surface area contributed by atoms with Crippen LogP contribution in [0.4, 0.5) is 0 Å². The zero-order chi connectivity index (χ0) is 17.0. The van der Waals surface area contributed by atoms with Crippen LogP contribution < -0.4 is 0 Å². The van der Waals surface area contributed by atoms with Crippen molar-refractivity contribution in [1.29, 1.82) is 0 Å². The molecule has 0 radical (unpaired) electrons. The van der Waals surface area contributed by atoms with Crippen LogP contribution in [0.2, 0.25) is 0 Å². The van der Waals surface area contributed by atoms with E-state index >= 15 is 0 Å². The summed E-state index contributed by atoms with van der Waals surface area (Å²) in [6, 6.07) is 11.8. The number of benzene rings is 1. The second-order valence-corrected chi connectivity index (χ2v) is 6.92. The van der Waals surface area contributed by atoms with Crippen molar-refractivity contribution in [3.63, 3.8) is 0 Å². The van der Waals surface area contributed by atoms with Gasteiger partial charge in [0.05, 0.1) is 5.69 Å². The van der Waals surface area contributed by atoms with Crippen molar-refractivity contribution in [3.8, 4) is 5.69 Å². The van der Waals surface area contributed by atoms with E-state index in [1.165, 1.54) is 0 Å². The number of aromatic nitrogens is 2. The molecule has 0 fully saturated rings. The molecular weight excluding hydrogens is 286 g/mol. The average Bonchev–Trinajstić information content (AvgIpc) is 2.87. The summed E-state index contributed by atoms with van der Waals surface area (Å²) in [5, 5.41) is 4.54. The molecule has 0 N–H and O–H groups in total. The molecule has 2 rings (SSSR count). The minimum absolute atomic E-state index is 0.0187. The van der Waals surface area contributed by atoms with E-state index in [1.54, 1.807) is 0 Å². The lowest BCUT2D eigenvalue weighted by molar-refractivity contribution is 0.0708. The maximum absolute atomic E-state index is 12.9. The summed E-state index contributed by atoms with van der Waals surface area (Å²) in [5.41, 5.74) is 2.46. The van der Waals surface area contributed by atoms with E-state index in [-0.39, 0.29) is 5.91 Å². The Kier molecular flexibility index (Phi) is 5.59. The van der Waals surface area contributed by atoms with E-state index in [1.807, 2.05) is 52.9 Å². The van der Waals surface area contributed by atoms with Gasteiger partial charge in [-0.1, -0.05) is 45.9 Å². The second kappa shape index (κ2) is 7.44. The maximum atomic E-state index is 12.9. The van der Waals surface area contributed by atoms with Crippen LogP contribution in [0.5, 0.6) is 0 Å². The molecule has 1 heterocycles. The van der Waals surface area contributed by atoms with Crippen LogP contribution in [-0.4, -0.2) is 33.7 Å². The fourth-order valence-corrected chi connectivity index (χ4v) is 2.69. The molecule has 0 aliphatic carbocycles. The molecule has 4 nitrogen and oxygen atoms in total. The van der Waals surface area contributed by atoms with Crippen molar-refractivity contribution in [2.75, 3.05) is 13.1 Å². The van der Waals surface area contributed by atoms with E-state index in [0.717, 1.165) is 24.5 Å². The molecule has 0 unspecified atom stereocenters. The van der Waals surface area contributed by atoms with Crippen molar-refractivity contribution in [3.05, 3.63) is 47.8 Å². The highest BCUT2D eigenvalue weighted by Crippen LogP contribution is 2.15. The Morgan fingerprint density at radius 3 is 2.17 bits per heavy atom. The van der Waals surface area contributed by atoms with Crippen LogP contribution >= 0.6 is 0 Å². The minimum atomic E-state index is 0.0187. The van der Waals surface area contributed by atoms with Gasteiger partial charge in [0.15, 0.2) is 5.69 Å². The molecule has 0 aliphatic rings. The average molecular weight is 313 g/mol. The number of amides is 1. The highest BCUT2D eigenvalue weighted by atomic mass is 16.2. The molecule has 1 aromatic heterocycles. The van der Waals surface area contributed by atoms with Gasteiger partial charge in [-0.2, -0.15) is 5.10 Å². The molecule has 1 aromatic carbocycles. The van der Waals surface area contributed by atoms with Gasteiger partial charge in [-0.3, -0.25) is 4.79 Å². The van der Waals surface area contributed by atoms with Crippen LogP contribution in [0.3, 0.4) is 0 Å². The van der Waals surface area contributed by atoms with E-state index in [9.17, 15) is 4.79 Å². The molecule has 1 amide bonds. The topological polar surface area (TPSA) is 38.1 Å². The Bertz CT molecular complexity index is 634. The van der Waals surface area contributed by atoms with Gasteiger partial charge in [-0.05, 0) is 37.0 Å². The molecule has 2 aromatic rings. The Hall–Kier alpha value is -2.10. The third kappa shape index (κ3) is 4.44. The predicted octanol–water partition coefficient (Wildman–Crippen LogP) is 3.93. The third-order valence-electron chi connectivity index (χ3n) is 3.57. The Morgan fingerprint density at radius 2 is 1.65 bits per heavy atom. The van der Waals surface area contributed by atoms with Gasteiger partial charge < -0.3 is 4.90 Å². The minimum Gasteiger partial charge on any atom is -0.337 e. The lowest BCUT2D eigenvalue weighted by Crippen LogP contribution is -2.37. The highest BCUT2D eigenvalue weighted by molar-refractivity contribution is 5.92. The molecule has 0 atom stereocenters. The number of carbonyl (C=O) groups is 1. The summed E-state index contributed by atoms with van der Waals surface area (Å²) < 4.78 is 1.83. The van der Waals surface area contributed by atoms with Crippen molar-refractivity contribution in [2.24, 2.45) is 11.8 Å². The van der Waals surface area contributed by atoms with E-state index in [0.29, 0.717) is 17.5 Å². The second-order valence-electron chi connectivity index (χ2n) is 6.92. The highest BCUT2D eigenvalue weighted by Gasteiger charge is 2.21. The zero-order valence-electron chi connectivity index (χ0n) is 14.8. The molecule has 0 aliphatic heterocycles. The fraction of sp³-hybridized carbons (Fsp3) is 0.474. The lowest BCUT2D eigenvalue weighted by Gasteiger charge is -2.25.